The van der Waals surface area contributed by atoms with E-state index >= 15 is 0 Å². The zero-order valence-corrected chi connectivity index (χ0v) is 11.9. The first-order valence-electron chi connectivity index (χ1n) is 6.14. The average molecular weight is 338 g/mol. The van der Waals surface area contributed by atoms with Crippen LogP contribution in [-0.2, 0) is 14.3 Å². The zero-order valence-electron chi connectivity index (χ0n) is 9.71. The minimum atomic E-state index is -0.166. The van der Waals surface area contributed by atoms with Crippen molar-refractivity contribution < 1.29 is 14.3 Å². The monoisotopic (exact) mass is 338 g/mol. The second-order valence-corrected chi connectivity index (χ2v) is 5.55. The molecule has 0 amide bonds. The van der Waals surface area contributed by atoms with Gasteiger partial charge in [-0.3, -0.25) is 4.79 Å². The zero-order chi connectivity index (χ0) is 11.6. The fourth-order valence-electron chi connectivity index (χ4n) is 3.01. The molecule has 2 unspecified atom stereocenters. The summed E-state index contributed by atoms with van der Waals surface area (Å²) in [6.07, 6.45) is 5.79. The molecule has 2 atom stereocenters. The summed E-state index contributed by atoms with van der Waals surface area (Å²) in [7, 11) is 0. The Hall–Kier alpha value is 0.160. The third-order valence-corrected chi connectivity index (χ3v) is 4.59. The normalized spacial score (nSPS) is 32.1. The van der Waals surface area contributed by atoms with E-state index in [1.54, 1.807) is 0 Å². The Bertz CT molecular complexity index is 261. The first kappa shape index (κ1) is 12.6. The summed E-state index contributed by atoms with van der Waals surface area (Å²) >= 11 is 2.29. The molecule has 92 valence electrons. The first-order chi connectivity index (χ1) is 7.73. The summed E-state index contributed by atoms with van der Waals surface area (Å²) in [5, 5.41) is 0. The Morgan fingerprint density at radius 2 is 2.12 bits per heavy atom. The van der Waals surface area contributed by atoms with Gasteiger partial charge in [-0.1, -0.05) is 41.9 Å². The van der Waals surface area contributed by atoms with Crippen molar-refractivity contribution in [3.05, 3.63) is 0 Å². The molecule has 1 saturated carbocycles. The van der Waals surface area contributed by atoms with Crippen molar-refractivity contribution in [2.75, 3.05) is 11.0 Å². The van der Waals surface area contributed by atoms with Crippen molar-refractivity contribution in [1.82, 2.24) is 0 Å². The van der Waals surface area contributed by atoms with Crippen LogP contribution in [0.3, 0.4) is 0 Å². The van der Waals surface area contributed by atoms with Crippen molar-refractivity contribution in [2.45, 2.75) is 50.7 Å². The molecule has 1 spiro atoms. The summed E-state index contributed by atoms with van der Waals surface area (Å²) in [6, 6.07) is 0. The van der Waals surface area contributed by atoms with Crippen molar-refractivity contribution in [2.24, 2.45) is 5.92 Å². The molecule has 1 aliphatic carbocycles. The summed E-state index contributed by atoms with van der Waals surface area (Å²) in [5.41, 5.74) is -0.166. The molecule has 2 fully saturated rings. The quantitative estimate of drug-likeness (QED) is 0.451. The first-order valence-corrected chi connectivity index (χ1v) is 7.66. The summed E-state index contributed by atoms with van der Waals surface area (Å²) in [5.74, 6) is -0.0537. The topological polar surface area (TPSA) is 35.5 Å². The van der Waals surface area contributed by atoms with Crippen LogP contribution in [0.15, 0.2) is 0 Å². The molecule has 0 bridgehead atoms. The fraction of sp³-hybridized carbons (Fsp3) is 0.917. The number of ether oxygens (including phenoxy) is 2. The highest BCUT2D eigenvalue weighted by atomic mass is 127. The fourth-order valence-corrected chi connectivity index (χ4v) is 3.70. The highest BCUT2D eigenvalue weighted by Gasteiger charge is 2.59. The van der Waals surface area contributed by atoms with Crippen molar-refractivity contribution in [3.8, 4) is 0 Å². The molecule has 1 heterocycles. The van der Waals surface area contributed by atoms with Gasteiger partial charge in [0.15, 0.2) is 0 Å². The van der Waals surface area contributed by atoms with E-state index in [2.05, 4.69) is 22.6 Å². The summed E-state index contributed by atoms with van der Waals surface area (Å²) in [6.45, 7) is 2.34. The predicted molar refractivity (Wildman–Crippen MR) is 69.7 cm³/mol. The number of esters is 1. The lowest BCUT2D eigenvalue weighted by molar-refractivity contribution is -0.264. The van der Waals surface area contributed by atoms with Crippen LogP contribution < -0.4 is 0 Å². The molecular formula is C12H19IO3. The lowest BCUT2D eigenvalue weighted by Gasteiger charge is -2.55. The minimum Gasteiger partial charge on any atom is -0.466 e. The Kier molecular flexibility index (Phi) is 4.11. The molecule has 4 heteroatoms. The van der Waals surface area contributed by atoms with E-state index in [4.69, 9.17) is 9.47 Å². The van der Waals surface area contributed by atoms with Gasteiger partial charge in [0.1, 0.15) is 5.92 Å². The minimum absolute atomic E-state index is 0.00958. The molecule has 3 nitrogen and oxygen atoms in total. The average Bonchev–Trinajstić information content (AvgIpc) is 2.27. The molecule has 16 heavy (non-hydrogen) atoms. The lowest BCUT2D eigenvalue weighted by atomic mass is 9.69. The van der Waals surface area contributed by atoms with E-state index in [1.807, 2.05) is 6.92 Å². The van der Waals surface area contributed by atoms with Gasteiger partial charge in [-0.05, 0) is 19.8 Å². The molecule has 1 saturated heterocycles. The number of rotatable bonds is 3. The maximum atomic E-state index is 12.0. The van der Waals surface area contributed by atoms with Crippen LogP contribution in [0.1, 0.15) is 39.0 Å². The van der Waals surface area contributed by atoms with Gasteiger partial charge in [-0.2, -0.15) is 0 Å². The summed E-state index contributed by atoms with van der Waals surface area (Å²) < 4.78 is 12.0. The second-order valence-electron chi connectivity index (χ2n) is 4.67. The van der Waals surface area contributed by atoms with E-state index < -0.39 is 0 Å². The van der Waals surface area contributed by atoms with Crippen LogP contribution in [0.5, 0.6) is 0 Å². The van der Waals surface area contributed by atoms with Crippen molar-refractivity contribution in [1.29, 1.82) is 0 Å². The molecule has 2 rings (SSSR count). The largest absolute Gasteiger partial charge is 0.466 e. The van der Waals surface area contributed by atoms with Crippen LogP contribution in [0, 0.1) is 5.92 Å². The SMILES string of the molecule is CCOC(=O)C1C(CI)OC12CCCCC2. The van der Waals surface area contributed by atoms with Crippen LogP contribution in [0.25, 0.3) is 0 Å². The van der Waals surface area contributed by atoms with Gasteiger partial charge >= 0.3 is 5.97 Å². The van der Waals surface area contributed by atoms with Gasteiger partial charge in [0.2, 0.25) is 0 Å². The van der Waals surface area contributed by atoms with E-state index in [0.717, 1.165) is 17.3 Å². The Morgan fingerprint density at radius 3 is 2.69 bits per heavy atom. The van der Waals surface area contributed by atoms with Crippen LogP contribution >= 0.6 is 22.6 Å². The number of halogens is 1. The van der Waals surface area contributed by atoms with Crippen LogP contribution in [0.4, 0.5) is 0 Å². The highest BCUT2D eigenvalue weighted by molar-refractivity contribution is 14.1. The molecular weight excluding hydrogens is 319 g/mol. The maximum Gasteiger partial charge on any atom is 0.314 e. The maximum absolute atomic E-state index is 12.0. The third-order valence-electron chi connectivity index (χ3n) is 3.72. The van der Waals surface area contributed by atoms with E-state index in [9.17, 15) is 4.79 Å². The highest BCUT2D eigenvalue weighted by Crippen LogP contribution is 2.49. The van der Waals surface area contributed by atoms with Crippen molar-refractivity contribution in [3.63, 3.8) is 0 Å². The van der Waals surface area contributed by atoms with E-state index in [0.29, 0.717) is 6.61 Å². The summed E-state index contributed by atoms with van der Waals surface area (Å²) in [4.78, 5) is 12.0. The number of carbonyl (C=O) groups is 1. The smallest absolute Gasteiger partial charge is 0.314 e. The van der Waals surface area contributed by atoms with Gasteiger partial charge in [0, 0.05) is 4.43 Å². The Labute approximate surface area is 110 Å². The lowest BCUT2D eigenvalue weighted by Crippen LogP contribution is -2.64. The van der Waals surface area contributed by atoms with Gasteiger partial charge in [-0.15, -0.1) is 0 Å². The van der Waals surface area contributed by atoms with Gasteiger partial charge < -0.3 is 9.47 Å². The molecule has 0 radical (unpaired) electrons. The Balaban J connectivity index is 2.06. The Morgan fingerprint density at radius 1 is 1.44 bits per heavy atom. The molecule has 0 aromatic heterocycles. The number of carbonyl (C=O) groups excluding carboxylic acids is 1. The molecule has 2 aliphatic rings. The number of hydrogen-bond donors (Lipinski definition) is 0. The number of alkyl halides is 1. The number of hydrogen-bond acceptors (Lipinski definition) is 3. The van der Waals surface area contributed by atoms with Gasteiger partial charge in [0.25, 0.3) is 0 Å². The molecule has 0 aromatic carbocycles. The van der Waals surface area contributed by atoms with Crippen LogP contribution in [0.2, 0.25) is 0 Å². The van der Waals surface area contributed by atoms with Crippen molar-refractivity contribution >= 4 is 28.6 Å². The third kappa shape index (κ3) is 2.10. The van der Waals surface area contributed by atoms with Gasteiger partial charge in [-0.25, -0.2) is 0 Å². The molecule has 0 aromatic rings. The van der Waals surface area contributed by atoms with E-state index in [-0.39, 0.29) is 23.6 Å². The molecule has 1 aliphatic heterocycles. The second kappa shape index (κ2) is 5.21. The predicted octanol–water partition coefficient (Wildman–Crippen LogP) is 2.70. The van der Waals surface area contributed by atoms with Crippen LogP contribution in [-0.4, -0.2) is 28.7 Å². The standard InChI is InChI=1S/C12H19IO3/c1-2-15-11(14)10-9(8-13)16-12(10)6-4-3-5-7-12/h9-10H,2-8H2,1H3. The van der Waals surface area contributed by atoms with Gasteiger partial charge in [0.05, 0.1) is 18.3 Å². The molecule has 0 N–H and O–H groups in total. The van der Waals surface area contributed by atoms with E-state index in [1.165, 1.54) is 19.3 Å².